The van der Waals surface area contributed by atoms with Gasteiger partial charge in [0.1, 0.15) is 10.6 Å². The Bertz CT molecular complexity index is 1060. The second-order valence-corrected chi connectivity index (χ2v) is 9.43. The van der Waals surface area contributed by atoms with Gasteiger partial charge in [-0.05, 0) is 53.9 Å². The summed E-state index contributed by atoms with van der Waals surface area (Å²) in [5.74, 6) is 0.463. The second-order valence-electron chi connectivity index (χ2n) is 6.37. The Labute approximate surface area is 179 Å². The minimum absolute atomic E-state index is 0.0159. The van der Waals surface area contributed by atoms with Crippen LogP contribution in [0, 0.1) is 13.8 Å². The molecular formula is C19H21BrN4O2S2. The van der Waals surface area contributed by atoms with E-state index in [1.165, 1.54) is 23.1 Å². The summed E-state index contributed by atoms with van der Waals surface area (Å²) in [7, 11) is 0. The zero-order valence-corrected chi connectivity index (χ0v) is 19.1. The third kappa shape index (κ3) is 4.64. The van der Waals surface area contributed by atoms with Crippen molar-refractivity contribution in [3.05, 3.63) is 43.6 Å². The van der Waals surface area contributed by atoms with Gasteiger partial charge in [0, 0.05) is 22.1 Å². The van der Waals surface area contributed by atoms with Gasteiger partial charge in [-0.15, -0.1) is 11.3 Å². The molecule has 0 radical (unpaired) electrons. The molecule has 9 heteroatoms. The Hall–Kier alpha value is -1.71. The van der Waals surface area contributed by atoms with Crippen LogP contribution in [0.5, 0.6) is 0 Å². The molecule has 0 spiro atoms. The van der Waals surface area contributed by atoms with E-state index in [1.54, 1.807) is 16.8 Å². The Kier molecular flexibility index (Phi) is 6.90. The summed E-state index contributed by atoms with van der Waals surface area (Å²) in [5.41, 5.74) is 0.983. The first-order valence-electron chi connectivity index (χ1n) is 8.95. The van der Waals surface area contributed by atoms with E-state index < -0.39 is 0 Å². The van der Waals surface area contributed by atoms with E-state index in [0.717, 1.165) is 32.6 Å². The van der Waals surface area contributed by atoms with Crippen LogP contribution < -0.4 is 10.9 Å². The molecule has 0 fully saturated rings. The van der Waals surface area contributed by atoms with Gasteiger partial charge in [0.25, 0.3) is 5.56 Å². The number of anilines is 1. The van der Waals surface area contributed by atoms with E-state index in [9.17, 15) is 9.59 Å². The van der Waals surface area contributed by atoms with Crippen LogP contribution in [0.25, 0.3) is 10.2 Å². The van der Waals surface area contributed by atoms with Crippen molar-refractivity contribution in [2.24, 2.45) is 0 Å². The number of carbonyl (C=O) groups excluding carboxylic acids is 1. The van der Waals surface area contributed by atoms with E-state index in [2.05, 4.69) is 33.2 Å². The number of aryl methyl sites for hydroxylation is 2. The number of amides is 1. The highest BCUT2D eigenvalue weighted by Crippen LogP contribution is 2.28. The minimum Gasteiger partial charge on any atom is -0.310 e. The first-order valence-corrected chi connectivity index (χ1v) is 11.5. The lowest BCUT2D eigenvalue weighted by Gasteiger charge is -2.12. The average Bonchev–Trinajstić information content (AvgIpc) is 2.95. The van der Waals surface area contributed by atoms with Gasteiger partial charge in [0.05, 0.1) is 11.1 Å². The topological polar surface area (TPSA) is 76.9 Å². The van der Waals surface area contributed by atoms with Crippen LogP contribution >= 0.6 is 39.0 Å². The van der Waals surface area contributed by atoms with Crippen LogP contribution in [0.15, 0.2) is 32.8 Å². The molecule has 0 atom stereocenters. The Morgan fingerprint density at radius 1 is 1.36 bits per heavy atom. The zero-order valence-electron chi connectivity index (χ0n) is 15.9. The molecule has 0 bridgehead atoms. The number of hydrogen-bond acceptors (Lipinski definition) is 6. The molecule has 0 aliphatic heterocycles. The summed E-state index contributed by atoms with van der Waals surface area (Å²) < 4.78 is 2.56. The summed E-state index contributed by atoms with van der Waals surface area (Å²) in [6, 6.07) is 3.54. The van der Waals surface area contributed by atoms with Crippen LogP contribution in [0.1, 0.15) is 30.2 Å². The third-order valence-electron chi connectivity index (χ3n) is 4.32. The molecule has 28 heavy (non-hydrogen) atoms. The fourth-order valence-corrected chi connectivity index (χ4v) is 4.82. The lowest BCUT2D eigenvalue weighted by atomic mass is 10.2. The van der Waals surface area contributed by atoms with Crippen molar-refractivity contribution in [2.75, 3.05) is 11.1 Å². The number of rotatable bonds is 7. The van der Waals surface area contributed by atoms with E-state index in [-0.39, 0.29) is 17.2 Å². The molecule has 1 amide bonds. The molecule has 1 N–H and O–H groups in total. The number of unbranched alkanes of at least 4 members (excludes halogenated alkanes) is 1. The zero-order chi connectivity index (χ0) is 20.3. The quantitative estimate of drug-likeness (QED) is 0.389. The highest BCUT2D eigenvalue weighted by Gasteiger charge is 2.17. The van der Waals surface area contributed by atoms with E-state index in [4.69, 9.17) is 4.98 Å². The molecule has 3 aromatic heterocycles. The number of nitrogens with zero attached hydrogens (tertiary/aromatic N) is 3. The maximum atomic E-state index is 13.1. The summed E-state index contributed by atoms with van der Waals surface area (Å²) >= 11 is 6.12. The van der Waals surface area contributed by atoms with Crippen molar-refractivity contribution >= 4 is 61.0 Å². The van der Waals surface area contributed by atoms with Crippen LogP contribution in [-0.2, 0) is 11.3 Å². The fourth-order valence-electron chi connectivity index (χ4n) is 2.69. The first kappa shape index (κ1) is 21.0. The van der Waals surface area contributed by atoms with Crippen molar-refractivity contribution in [3.8, 4) is 0 Å². The first-order chi connectivity index (χ1) is 13.4. The monoisotopic (exact) mass is 480 g/mol. The van der Waals surface area contributed by atoms with E-state index in [0.29, 0.717) is 22.9 Å². The molecule has 3 aromatic rings. The minimum atomic E-state index is -0.185. The summed E-state index contributed by atoms with van der Waals surface area (Å²) in [6.07, 6.45) is 3.49. The highest BCUT2D eigenvalue weighted by molar-refractivity contribution is 9.10. The molecule has 148 valence electrons. The normalized spacial score (nSPS) is 11.1. The highest BCUT2D eigenvalue weighted by atomic mass is 79.9. The smallest absolute Gasteiger partial charge is 0.263 e. The molecule has 0 aliphatic rings. The molecular weight excluding hydrogens is 460 g/mol. The number of aromatic nitrogens is 3. The molecule has 3 rings (SSSR count). The van der Waals surface area contributed by atoms with Gasteiger partial charge < -0.3 is 5.32 Å². The number of carbonyl (C=O) groups is 1. The lowest BCUT2D eigenvalue weighted by Crippen LogP contribution is -2.24. The lowest BCUT2D eigenvalue weighted by molar-refractivity contribution is -0.113. The van der Waals surface area contributed by atoms with Crippen molar-refractivity contribution in [2.45, 2.75) is 45.3 Å². The SMILES string of the molecule is CCCCn1c(SCC(=O)Nc2ccc(Br)cn2)nc2sc(C)c(C)c2c1=O. The van der Waals surface area contributed by atoms with Crippen LogP contribution in [0.2, 0.25) is 0 Å². The predicted octanol–water partition coefficient (Wildman–Crippen LogP) is 4.76. The fraction of sp³-hybridized carbons (Fsp3) is 0.368. The number of thiophene rings is 1. The molecule has 0 saturated carbocycles. The largest absolute Gasteiger partial charge is 0.310 e. The van der Waals surface area contributed by atoms with Gasteiger partial charge in [0.15, 0.2) is 5.16 Å². The Balaban J connectivity index is 1.83. The van der Waals surface area contributed by atoms with Crippen molar-refractivity contribution in [1.82, 2.24) is 14.5 Å². The van der Waals surface area contributed by atoms with Gasteiger partial charge >= 0.3 is 0 Å². The van der Waals surface area contributed by atoms with Crippen molar-refractivity contribution in [1.29, 1.82) is 0 Å². The summed E-state index contributed by atoms with van der Waals surface area (Å²) in [6.45, 7) is 6.66. The third-order valence-corrected chi connectivity index (χ3v) is 6.86. The van der Waals surface area contributed by atoms with Crippen molar-refractivity contribution < 1.29 is 4.79 Å². The van der Waals surface area contributed by atoms with E-state index in [1.807, 2.05) is 19.9 Å². The van der Waals surface area contributed by atoms with Gasteiger partial charge in [0.2, 0.25) is 5.91 Å². The molecule has 6 nitrogen and oxygen atoms in total. The maximum absolute atomic E-state index is 13.1. The standard InChI is InChI=1S/C19H21BrN4O2S2/c1-4-5-8-24-18(26)16-11(2)12(3)28-17(16)23-19(24)27-10-15(25)22-14-7-6-13(20)9-21-14/h6-7,9H,4-5,8,10H2,1-3H3,(H,21,22,25). The number of halogens is 1. The van der Waals surface area contributed by atoms with Gasteiger partial charge in [-0.25, -0.2) is 9.97 Å². The van der Waals surface area contributed by atoms with Crippen LogP contribution in [-0.4, -0.2) is 26.2 Å². The second kappa shape index (κ2) is 9.19. The van der Waals surface area contributed by atoms with Gasteiger partial charge in [-0.2, -0.15) is 0 Å². The molecule has 0 aromatic carbocycles. The van der Waals surface area contributed by atoms with Gasteiger partial charge in [-0.3, -0.25) is 14.2 Å². The number of thioether (sulfide) groups is 1. The maximum Gasteiger partial charge on any atom is 0.263 e. The summed E-state index contributed by atoms with van der Waals surface area (Å²) in [4.78, 5) is 36.1. The Morgan fingerprint density at radius 2 is 2.14 bits per heavy atom. The number of pyridine rings is 1. The van der Waals surface area contributed by atoms with E-state index >= 15 is 0 Å². The van der Waals surface area contributed by atoms with Crippen LogP contribution in [0.3, 0.4) is 0 Å². The number of nitrogens with one attached hydrogen (secondary N) is 1. The molecule has 3 heterocycles. The van der Waals surface area contributed by atoms with Crippen LogP contribution in [0.4, 0.5) is 5.82 Å². The van der Waals surface area contributed by atoms with Gasteiger partial charge in [-0.1, -0.05) is 25.1 Å². The molecule has 0 unspecified atom stereocenters. The predicted molar refractivity (Wildman–Crippen MR) is 120 cm³/mol. The number of fused-ring (bicyclic) bond motifs is 1. The average molecular weight is 481 g/mol. The number of hydrogen-bond donors (Lipinski definition) is 1. The van der Waals surface area contributed by atoms with Crippen molar-refractivity contribution in [3.63, 3.8) is 0 Å². The molecule has 0 aliphatic carbocycles. The summed E-state index contributed by atoms with van der Waals surface area (Å²) in [5, 5.41) is 4.05. The molecule has 0 saturated heterocycles. The Morgan fingerprint density at radius 3 is 2.82 bits per heavy atom.